The van der Waals surface area contributed by atoms with Gasteiger partial charge >= 0.3 is 5.97 Å². The lowest BCUT2D eigenvalue weighted by atomic mass is 9.94. The Balaban J connectivity index is 3.28. The summed E-state index contributed by atoms with van der Waals surface area (Å²) in [5, 5.41) is 8.93. The first kappa shape index (κ1) is 13.9. The maximum Gasteiger partial charge on any atom is 0.307 e. The second-order valence-electron chi connectivity index (χ2n) is 3.88. The van der Waals surface area contributed by atoms with Crippen molar-refractivity contribution in [3.8, 4) is 0 Å². The SMILES string of the molecule is CCc1cccc(C(Br)C(C)=O)c1CC(=O)O. The molecule has 0 aliphatic carbocycles. The van der Waals surface area contributed by atoms with Gasteiger partial charge in [-0.15, -0.1) is 0 Å². The van der Waals surface area contributed by atoms with E-state index in [2.05, 4.69) is 15.9 Å². The summed E-state index contributed by atoms with van der Waals surface area (Å²) in [6, 6.07) is 5.57. The quantitative estimate of drug-likeness (QED) is 0.851. The number of aryl methyl sites for hydroxylation is 1. The summed E-state index contributed by atoms with van der Waals surface area (Å²) in [6.07, 6.45) is 0.711. The van der Waals surface area contributed by atoms with Crippen LogP contribution in [0.4, 0.5) is 0 Å². The normalized spacial score (nSPS) is 12.2. The highest BCUT2D eigenvalue weighted by Crippen LogP contribution is 2.29. The van der Waals surface area contributed by atoms with Gasteiger partial charge in [0.05, 0.1) is 11.2 Å². The van der Waals surface area contributed by atoms with Gasteiger partial charge in [0.15, 0.2) is 0 Å². The topological polar surface area (TPSA) is 54.4 Å². The molecule has 0 radical (unpaired) electrons. The first-order valence-corrected chi connectivity index (χ1v) is 6.35. The Kier molecular flexibility index (Phi) is 4.87. The molecule has 0 spiro atoms. The number of halogens is 1. The summed E-state index contributed by atoms with van der Waals surface area (Å²) >= 11 is 3.31. The number of carboxylic acid groups (broad SMARTS) is 1. The second-order valence-corrected chi connectivity index (χ2v) is 4.80. The molecule has 0 heterocycles. The Morgan fingerprint density at radius 2 is 2.06 bits per heavy atom. The van der Waals surface area contributed by atoms with Gasteiger partial charge in [0.1, 0.15) is 5.78 Å². The third-order valence-electron chi connectivity index (χ3n) is 2.65. The number of hydrogen-bond acceptors (Lipinski definition) is 2. The van der Waals surface area contributed by atoms with Crippen LogP contribution in [0.3, 0.4) is 0 Å². The number of aliphatic carboxylic acids is 1. The average Bonchev–Trinajstić information content (AvgIpc) is 2.27. The van der Waals surface area contributed by atoms with Crippen LogP contribution >= 0.6 is 15.9 Å². The van der Waals surface area contributed by atoms with Crippen molar-refractivity contribution in [2.24, 2.45) is 0 Å². The molecule has 1 unspecified atom stereocenters. The molecule has 1 atom stereocenters. The maximum atomic E-state index is 11.4. The molecule has 0 saturated heterocycles. The number of ketones is 1. The van der Waals surface area contributed by atoms with Crippen LogP contribution in [0, 0.1) is 0 Å². The van der Waals surface area contributed by atoms with Gasteiger partial charge in [-0.05, 0) is 30.0 Å². The molecular formula is C13H15BrO3. The summed E-state index contributed by atoms with van der Waals surface area (Å²) in [5.41, 5.74) is 2.49. The van der Waals surface area contributed by atoms with Crippen molar-refractivity contribution < 1.29 is 14.7 Å². The molecule has 0 aliphatic heterocycles. The molecule has 92 valence electrons. The molecule has 1 rings (SSSR count). The molecule has 0 aliphatic rings. The summed E-state index contributed by atoms with van der Waals surface area (Å²) < 4.78 is 0. The van der Waals surface area contributed by atoms with E-state index in [1.165, 1.54) is 6.92 Å². The van der Waals surface area contributed by atoms with Crippen LogP contribution in [-0.4, -0.2) is 16.9 Å². The Bertz CT molecular complexity index is 440. The average molecular weight is 299 g/mol. The standard InChI is InChI=1S/C13H15BrO3/c1-3-9-5-4-6-10(13(14)8(2)15)11(9)7-12(16)17/h4-6,13H,3,7H2,1-2H3,(H,16,17). The van der Waals surface area contributed by atoms with Crippen molar-refractivity contribution in [3.05, 3.63) is 34.9 Å². The molecule has 0 fully saturated rings. The van der Waals surface area contributed by atoms with Gasteiger partial charge in [0, 0.05) is 0 Å². The molecule has 0 aromatic heterocycles. The Morgan fingerprint density at radius 3 is 2.53 bits per heavy atom. The number of benzene rings is 1. The van der Waals surface area contributed by atoms with Gasteiger partial charge in [-0.3, -0.25) is 9.59 Å². The van der Waals surface area contributed by atoms with Crippen LogP contribution in [0.5, 0.6) is 0 Å². The van der Waals surface area contributed by atoms with Crippen molar-refractivity contribution in [3.63, 3.8) is 0 Å². The lowest BCUT2D eigenvalue weighted by molar-refractivity contribution is -0.136. The number of hydrogen-bond donors (Lipinski definition) is 1. The molecule has 3 nitrogen and oxygen atoms in total. The Labute approximate surface area is 109 Å². The predicted octanol–water partition coefficient (Wildman–Crippen LogP) is 2.90. The Hall–Kier alpha value is -1.16. The predicted molar refractivity (Wildman–Crippen MR) is 69.5 cm³/mol. The zero-order chi connectivity index (χ0) is 13.0. The van der Waals surface area contributed by atoms with Crippen LogP contribution in [0.25, 0.3) is 0 Å². The highest BCUT2D eigenvalue weighted by molar-refractivity contribution is 9.09. The van der Waals surface area contributed by atoms with Crippen LogP contribution in [-0.2, 0) is 22.4 Å². The van der Waals surface area contributed by atoms with Gasteiger partial charge in [-0.2, -0.15) is 0 Å². The number of Topliss-reactive ketones (excluding diaryl/α,β-unsaturated/α-hetero) is 1. The van der Waals surface area contributed by atoms with Crippen molar-refractivity contribution in [1.29, 1.82) is 0 Å². The van der Waals surface area contributed by atoms with Crippen LogP contribution in [0.1, 0.15) is 35.4 Å². The molecule has 4 heteroatoms. The van der Waals surface area contributed by atoms with E-state index in [-0.39, 0.29) is 12.2 Å². The number of carbonyl (C=O) groups is 2. The van der Waals surface area contributed by atoms with Crippen molar-refractivity contribution >= 4 is 27.7 Å². The molecule has 1 N–H and O–H groups in total. The lowest BCUT2D eigenvalue weighted by Gasteiger charge is -2.15. The van der Waals surface area contributed by atoms with E-state index in [0.29, 0.717) is 0 Å². The van der Waals surface area contributed by atoms with E-state index in [1.54, 1.807) is 6.07 Å². The van der Waals surface area contributed by atoms with E-state index in [9.17, 15) is 9.59 Å². The largest absolute Gasteiger partial charge is 0.481 e. The summed E-state index contributed by atoms with van der Waals surface area (Å²) in [6.45, 7) is 3.46. The van der Waals surface area contributed by atoms with E-state index in [1.807, 2.05) is 19.1 Å². The Morgan fingerprint density at radius 1 is 1.41 bits per heavy atom. The molecular weight excluding hydrogens is 284 g/mol. The number of alkyl halides is 1. The highest BCUT2D eigenvalue weighted by Gasteiger charge is 2.19. The van der Waals surface area contributed by atoms with Crippen LogP contribution in [0.2, 0.25) is 0 Å². The fourth-order valence-electron chi connectivity index (χ4n) is 1.81. The number of carbonyl (C=O) groups excluding carboxylic acids is 1. The van der Waals surface area contributed by atoms with E-state index < -0.39 is 10.8 Å². The highest BCUT2D eigenvalue weighted by atomic mass is 79.9. The van der Waals surface area contributed by atoms with Gasteiger partial charge in [-0.1, -0.05) is 41.1 Å². The van der Waals surface area contributed by atoms with Crippen molar-refractivity contribution in [2.45, 2.75) is 31.5 Å². The van der Waals surface area contributed by atoms with Gasteiger partial charge in [-0.25, -0.2) is 0 Å². The summed E-state index contributed by atoms with van der Waals surface area (Å²) in [7, 11) is 0. The smallest absolute Gasteiger partial charge is 0.307 e. The van der Waals surface area contributed by atoms with Crippen LogP contribution < -0.4 is 0 Å². The summed E-state index contributed by atoms with van der Waals surface area (Å²) in [4.78, 5) is 21.8. The molecule has 0 bridgehead atoms. The lowest BCUT2D eigenvalue weighted by Crippen LogP contribution is -2.11. The fraction of sp³-hybridized carbons (Fsp3) is 0.385. The monoisotopic (exact) mass is 298 g/mol. The third-order valence-corrected chi connectivity index (χ3v) is 3.79. The zero-order valence-electron chi connectivity index (χ0n) is 9.87. The van der Waals surface area contributed by atoms with Gasteiger partial charge in [0.25, 0.3) is 0 Å². The van der Waals surface area contributed by atoms with Crippen molar-refractivity contribution in [1.82, 2.24) is 0 Å². The van der Waals surface area contributed by atoms with Gasteiger partial charge < -0.3 is 5.11 Å². The minimum absolute atomic E-state index is 0.0232. The molecule has 0 saturated carbocycles. The third kappa shape index (κ3) is 3.40. The first-order valence-electron chi connectivity index (χ1n) is 5.44. The maximum absolute atomic E-state index is 11.4. The van der Waals surface area contributed by atoms with Crippen LogP contribution in [0.15, 0.2) is 18.2 Å². The molecule has 1 aromatic rings. The first-order chi connectivity index (χ1) is 7.97. The molecule has 17 heavy (non-hydrogen) atoms. The van der Waals surface area contributed by atoms with E-state index in [0.717, 1.165) is 23.1 Å². The van der Waals surface area contributed by atoms with E-state index in [4.69, 9.17) is 5.11 Å². The minimum atomic E-state index is -0.879. The van der Waals surface area contributed by atoms with E-state index >= 15 is 0 Å². The number of rotatable bonds is 5. The summed E-state index contributed by atoms with van der Waals surface area (Å²) in [5.74, 6) is -0.903. The second kappa shape index (κ2) is 5.96. The fourth-order valence-corrected chi connectivity index (χ4v) is 2.24. The van der Waals surface area contributed by atoms with Crippen molar-refractivity contribution in [2.75, 3.05) is 0 Å². The number of carboxylic acids is 1. The molecule has 1 aromatic carbocycles. The molecule has 0 amide bonds. The minimum Gasteiger partial charge on any atom is -0.481 e. The van der Waals surface area contributed by atoms with Gasteiger partial charge in [0.2, 0.25) is 0 Å². The zero-order valence-corrected chi connectivity index (χ0v) is 11.5.